The van der Waals surface area contributed by atoms with Gasteiger partial charge in [0, 0.05) is 32.1 Å². The number of sulfone groups is 1. The number of hydrogen-bond donors (Lipinski definition) is 1. The standard InChI is InChI=1S/C19H23N3O2S/c1-20-19(22-14-12-16-5-3-4-6-18(16)22)21-13-11-15-7-9-17(10-8-15)25(2,23)24/h3-10H,11-14H2,1-2H3,(H,20,21). The molecular weight excluding hydrogens is 334 g/mol. The highest BCUT2D eigenvalue weighted by Crippen LogP contribution is 2.27. The molecule has 1 aliphatic heterocycles. The topological polar surface area (TPSA) is 61.8 Å². The Labute approximate surface area is 149 Å². The van der Waals surface area contributed by atoms with Crippen LogP contribution in [0.2, 0.25) is 0 Å². The van der Waals surface area contributed by atoms with E-state index >= 15 is 0 Å². The molecule has 1 heterocycles. The van der Waals surface area contributed by atoms with Crippen LogP contribution in [0.4, 0.5) is 5.69 Å². The van der Waals surface area contributed by atoms with E-state index in [-0.39, 0.29) is 0 Å². The largest absolute Gasteiger partial charge is 0.356 e. The molecule has 1 N–H and O–H groups in total. The normalized spacial score (nSPS) is 14.5. The lowest BCUT2D eigenvalue weighted by atomic mass is 10.1. The summed E-state index contributed by atoms with van der Waals surface area (Å²) in [6.07, 6.45) is 3.06. The van der Waals surface area contributed by atoms with Crippen molar-refractivity contribution in [3.05, 3.63) is 59.7 Å². The van der Waals surface area contributed by atoms with E-state index in [4.69, 9.17) is 0 Å². The summed E-state index contributed by atoms with van der Waals surface area (Å²) in [7, 11) is -1.34. The lowest BCUT2D eigenvalue weighted by Gasteiger charge is -2.22. The molecule has 0 fully saturated rings. The zero-order valence-corrected chi connectivity index (χ0v) is 15.4. The maximum atomic E-state index is 11.5. The fourth-order valence-corrected chi connectivity index (χ4v) is 3.71. The second kappa shape index (κ2) is 7.27. The summed E-state index contributed by atoms with van der Waals surface area (Å²) in [5.74, 6) is 0.873. The van der Waals surface area contributed by atoms with Crippen molar-refractivity contribution in [3.63, 3.8) is 0 Å². The molecule has 0 amide bonds. The number of benzene rings is 2. The smallest absolute Gasteiger partial charge is 0.198 e. The molecule has 6 heteroatoms. The van der Waals surface area contributed by atoms with Crippen molar-refractivity contribution in [2.45, 2.75) is 17.7 Å². The van der Waals surface area contributed by atoms with Crippen molar-refractivity contribution in [3.8, 4) is 0 Å². The van der Waals surface area contributed by atoms with Gasteiger partial charge in [-0.1, -0.05) is 30.3 Å². The summed E-state index contributed by atoms with van der Waals surface area (Å²) in [6.45, 7) is 1.67. The van der Waals surface area contributed by atoms with Crippen LogP contribution in [0.3, 0.4) is 0 Å². The Morgan fingerprint density at radius 3 is 2.56 bits per heavy atom. The van der Waals surface area contributed by atoms with Gasteiger partial charge in [-0.25, -0.2) is 8.42 Å². The first kappa shape index (κ1) is 17.5. The van der Waals surface area contributed by atoms with E-state index in [1.165, 1.54) is 17.5 Å². The summed E-state index contributed by atoms with van der Waals surface area (Å²) < 4.78 is 23.0. The molecule has 0 aliphatic carbocycles. The predicted molar refractivity (Wildman–Crippen MR) is 102 cm³/mol. The SMILES string of the molecule is CN=C(NCCc1ccc(S(C)(=O)=O)cc1)N1CCc2ccccc21. The van der Waals surface area contributed by atoms with Gasteiger partial charge in [0.25, 0.3) is 0 Å². The molecule has 0 radical (unpaired) electrons. The molecule has 0 atom stereocenters. The minimum Gasteiger partial charge on any atom is -0.356 e. The third kappa shape index (κ3) is 4.02. The molecule has 3 rings (SSSR count). The number of fused-ring (bicyclic) bond motifs is 1. The van der Waals surface area contributed by atoms with Gasteiger partial charge in [0.1, 0.15) is 0 Å². The van der Waals surface area contributed by atoms with E-state index in [9.17, 15) is 8.42 Å². The van der Waals surface area contributed by atoms with Gasteiger partial charge in [-0.2, -0.15) is 0 Å². The first-order valence-corrected chi connectivity index (χ1v) is 10.2. The maximum absolute atomic E-state index is 11.5. The van der Waals surface area contributed by atoms with E-state index < -0.39 is 9.84 Å². The number of hydrogen-bond acceptors (Lipinski definition) is 3. The Morgan fingerprint density at radius 2 is 1.88 bits per heavy atom. The third-order valence-corrected chi connectivity index (χ3v) is 5.53. The van der Waals surface area contributed by atoms with Gasteiger partial charge in [-0.15, -0.1) is 0 Å². The van der Waals surface area contributed by atoms with Gasteiger partial charge in [-0.05, 0) is 42.2 Å². The van der Waals surface area contributed by atoms with Crippen molar-refractivity contribution >= 4 is 21.5 Å². The summed E-state index contributed by atoms with van der Waals surface area (Å²) in [5, 5.41) is 3.40. The highest BCUT2D eigenvalue weighted by Gasteiger charge is 2.22. The van der Waals surface area contributed by atoms with Crippen molar-refractivity contribution in [2.75, 3.05) is 31.3 Å². The van der Waals surface area contributed by atoms with Gasteiger partial charge in [0.15, 0.2) is 15.8 Å². The molecule has 0 saturated heterocycles. The van der Waals surface area contributed by atoms with Crippen LogP contribution in [0.1, 0.15) is 11.1 Å². The maximum Gasteiger partial charge on any atom is 0.198 e. The summed E-state index contributed by atoms with van der Waals surface area (Å²) >= 11 is 0. The van der Waals surface area contributed by atoms with E-state index in [1.807, 2.05) is 18.2 Å². The molecule has 2 aromatic rings. The average molecular weight is 357 g/mol. The molecule has 0 saturated carbocycles. The number of anilines is 1. The van der Waals surface area contributed by atoms with Crippen molar-refractivity contribution < 1.29 is 8.42 Å². The minimum absolute atomic E-state index is 0.355. The highest BCUT2D eigenvalue weighted by atomic mass is 32.2. The first-order chi connectivity index (χ1) is 12.0. The van der Waals surface area contributed by atoms with Crippen LogP contribution in [0, 0.1) is 0 Å². The fraction of sp³-hybridized carbons (Fsp3) is 0.316. The zero-order valence-electron chi connectivity index (χ0n) is 14.6. The summed E-state index contributed by atoms with van der Waals surface area (Å²) in [6, 6.07) is 15.5. The highest BCUT2D eigenvalue weighted by molar-refractivity contribution is 7.90. The van der Waals surface area contributed by atoms with Gasteiger partial charge >= 0.3 is 0 Å². The van der Waals surface area contributed by atoms with Crippen LogP contribution in [0.25, 0.3) is 0 Å². The van der Waals surface area contributed by atoms with E-state index in [0.29, 0.717) is 4.90 Å². The second-order valence-corrected chi connectivity index (χ2v) is 8.19. The zero-order chi connectivity index (χ0) is 17.9. The van der Waals surface area contributed by atoms with Crippen LogP contribution in [0.15, 0.2) is 58.4 Å². The number of guanidine groups is 1. The van der Waals surface area contributed by atoms with Crippen LogP contribution in [0.5, 0.6) is 0 Å². The lowest BCUT2D eigenvalue weighted by Crippen LogP contribution is -2.41. The molecule has 0 aromatic heterocycles. The van der Waals surface area contributed by atoms with Crippen LogP contribution in [-0.2, 0) is 22.7 Å². The van der Waals surface area contributed by atoms with Crippen molar-refractivity contribution in [1.29, 1.82) is 0 Å². The fourth-order valence-electron chi connectivity index (χ4n) is 3.08. The van der Waals surface area contributed by atoms with Crippen LogP contribution < -0.4 is 10.2 Å². The van der Waals surface area contributed by atoms with Crippen LogP contribution in [-0.4, -0.2) is 40.8 Å². The van der Waals surface area contributed by atoms with E-state index in [1.54, 1.807) is 19.2 Å². The number of aliphatic imine (C=N–C) groups is 1. The van der Waals surface area contributed by atoms with E-state index in [0.717, 1.165) is 37.5 Å². The molecular formula is C19H23N3O2S. The number of nitrogens with one attached hydrogen (secondary N) is 1. The second-order valence-electron chi connectivity index (χ2n) is 6.17. The summed E-state index contributed by atoms with van der Waals surface area (Å²) in [5.41, 5.74) is 3.66. The number of para-hydroxylation sites is 1. The minimum atomic E-state index is -3.14. The molecule has 5 nitrogen and oxygen atoms in total. The van der Waals surface area contributed by atoms with E-state index in [2.05, 4.69) is 33.4 Å². The Hall–Kier alpha value is -2.34. The number of rotatable bonds is 4. The molecule has 2 aromatic carbocycles. The monoisotopic (exact) mass is 357 g/mol. The molecule has 1 aliphatic rings. The average Bonchev–Trinajstić information content (AvgIpc) is 3.02. The summed E-state index contributed by atoms with van der Waals surface area (Å²) in [4.78, 5) is 6.96. The van der Waals surface area contributed by atoms with Gasteiger partial charge < -0.3 is 10.2 Å². The Morgan fingerprint density at radius 1 is 1.16 bits per heavy atom. The van der Waals surface area contributed by atoms with Gasteiger partial charge in [0.2, 0.25) is 0 Å². The third-order valence-electron chi connectivity index (χ3n) is 4.40. The number of nitrogens with zero attached hydrogens (tertiary/aromatic N) is 2. The first-order valence-electron chi connectivity index (χ1n) is 8.34. The quantitative estimate of drug-likeness (QED) is 0.674. The molecule has 0 spiro atoms. The van der Waals surface area contributed by atoms with Crippen molar-refractivity contribution in [1.82, 2.24) is 5.32 Å². The van der Waals surface area contributed by atoms with Crippen molar-refractivity contribution in [2.24, 2.45) is 4.99 Å². The molecule has 132 valence electrons. The Kier molecular flexibility index (Phi) is 5.08. The van der Waals surface area contributed by atoms with Crippen LogP contribution >= 0.6 is 0 Å². The lowest BCUT2D eigenvalue weighted by molar-refractivity contribution is 0.602. The molecule has 25 heavy (non-hydrogen) atoms. The Bertz CT molecular complexity index is 874. The Balaban J connectivity index is 1.60. The van der Waals surface area contributed by atoms with Gasteiger partial charge in [-0.3, -0.25) is 4.99 Å². The van der Waals surface area contributed by atoms with Gasteiger partial charge in [0.05, 0.1) is 4.90 Å². The predicted octanol–water partition coefficient (Wildman–Crippen LogP) is 2.27. The molecule has 0 bridgehead atoms. The molecule has 0 unspecified atom stereocenters.